The van der Waals surface area contributed by atoms with Crippen LogP contribution >= 0.6 is 11.9 Å². The van der Waals surface area contributed by atoms with Crippen molar-refractivity contribution in [3.8, 4) is 11.1 Å². The topological polar surface area (TPSA) is 41.6 Å². The van der Waals surface area contributed by atoms with E-state index >= 15 is 0 Å². The standard InChI is InChI=1S/C23H25F3N2O2S/c1-2-31-27-21-19(28(14-23(21,25)26)22(29)20-9-10-30-20)12-15-5-3-6-16(11-15)17-7-4-8-18(24)13-17/h3-8,11,13,19-21,27H,2,9-10,12,14H2,1H3/t19-,20?,21+/m0/s1. The zero-order chi connectivity index (χ0) is 22.0. The summed E-state index contributed by atoms with van der Waals surface area (Å²) < 4.78 is 51.6. The van der Waals surface area contributed by atoms with Crippen LogP contribution in [0.25, 0.3) is 11.1 Å². The van der Waals surface area contributed by atoms with Crippen LogP contribution in [0.15, 0.2) is 48.5 Å². The van der Waals surface area contributed by atoms with Crippen LogP contribution in [0.5, 0.6) is 0 Å². The molecule has 2 heterocycles. The second kappa shape index (κ2) is 9.22. The van der Waals surface area contributed by atoms with Crippen LogP contribution in [0, 0.1) is 5.82 Å². The van der Waals surface area contributed by atoms with E-state index in [9.17, 15) is 18.0 Å². The number of amides is 1. The molecule has 2 aromatic carbocycles. The monoisotopic (exact) mass is 450 g/mol. The highest BCUT2D eigenvalue weighted by molar-refractivity contribution is 7.97. The van der Waals surface area contributed by atoms with E-state index < -0.39 is 30.7 Å². The van der Waals surface area contributed by atoms with Gasteiger partial charge in [-0.1, -0.05) is 55.3 Å². The van der Waals surface area contributed by atoms with Crippen molar-refractivity contribution >= 4 is 17.9 Å². The SMILES string of the molecule is CCSN[C@@H]1[C@H](Cc2cccc(-c3cccc(F)c3)c2)N(C(=O)C2CCO2)CC1(F)F. The lowest BCUT2D eigenvalue weighted by molar-refractivity contribution is -0.158. The maximum absolute atomic E-state index is 14.9. The molecule has 4 rings (SSSR count). The van der Waals surface area contributed by atoms with Gasteiger partial charge in [0.2, 0.25) is 0 Å². The predicted octanol–water partition coefficient (Wildman–Crippen LogP) is 4.30. The van der Waals surface area contributed by atoms with E-state index in [1.54, 1.807) is 12.1 Å². The third-order valence-corrected chi connectivity index (χ3v) is 6.47. The van der Waals surface area contributed by atoms with Gasteiger partial charge in [-0.05, 0) is 35.2 Å². The average Bonchev–Trinajstić information content (AvgIpc) is 2.95. The number of carbonyl (C=O) groups is 1. The van der Waals surface area contributed by atoms with Gasteiger partial charge in [-0.25, -0.2) is 13.2 Å². The van der Waals surface area contributed by atoms with E-state index in [0.717, 1.165) is 11.1 Å². The average molecular weight is 451 g/mol. The number of halogens is 3. The van der Waals surface area contributed by atoms with E-state index in [1.165, 1.54) is 29.0 Å². The highest BCUT2D eigenvalue weighted by Gasteiger charge is 2.56. The van der Waals surface area contributed by atoms with Crippen molar-refractivity contribution in [3.05, 3.63) is 59.9 Å². The van der Waals surface area contributed by atoms with E-state index in [-0.39, 0.29) is 18.1 Å². The normalized spacial score (nSPS) is 24.8. The first kappa shape index (κ1) is 22.2. The van der Waals surface area contributed by atoms with Crippen LogP contribution in [0.3, 0.4) is 0 Å². The quantitative estimate of drug-likeness (QED) is 0.639. The van der Waals surface area contributed by atoms with E-state index in [4.69, 9.17) is 4.74 Å². The highest BCUT2D eigenvalue weighted by Crippen LogP contribution is 2.37. The fraction of sp³-hybridized carbons (Fsp3) is 0.435. The Labute approximate surface area is 184 Å². The second-order valence-corrected chi connectivity index (χ2v) is 8.99. The van der Waals surface area contributed by atoms with Gasteiger partial charge < -0.3 is 9.64 Å². The molecule has 1 amide bonds. The summed E-state index contributed by atoms with van der Waals surface area (Å²) >= 11 is 1.22. The van der Waals surface area contributed by atoms with Crippen molar-refractivity contribution < 1.29 is 22.7 Å². The van der Waals surface area contributed by atoms with Gasteiger partial charge in [-0.15, -0.1) is 0 Å². The number of hydrogen-bond acceptors (Lipinski definition) is 4. The van der Waals surface area contributed by atoms with Crippen molar-refractivity contribution in [1.29, 1.82) is 0 Å². The summed E-state index contributed by atoms with van der Waals surface area (Å²) in [5, 5.41) is 0. The first-order chi connectivity index (χ1) is 14.9. The molecule has 0 aliphatic carbocycles. The van der Waals surface area contributed by atoms with Gasteiger partial charge in [0, 0.05) is 12.2 Å². The third-order valence-electron chi connectivity index (χ3n) is 5.76. The molecule has 2 aliphatic heterocycles. The Morgan fingerprint density at radius 2 is 1.94 bits per heavy atom. The van der Waals surface area contributed by atoms with Gasteiger partial charge in [0.1, 0.15) is 18.0 Å². The molecule has 2 aromatic rings. The van der Waals surface area contributed by atoms with E-state index in [0.29, 0.717) is 24.3 Å². The fourth-order valence-corrected chi connectivity index (χ4v) is 4.79. The summed E-state index contributed by atoms with van der Waals surface area (Å²) in [6, 6.07) is 11.8. The Kier molecular flexibility index (Phi) is 6.60. The van der Waals surface area contributed by atoms with Gasteiger partial charge >= 0.3 is 0 Å². The van der Waals surface area contributed by atoms with Crippen LogP contribution < -0.4 is 4.72 Å². The smallest absolute Gasteiger partial charge is 0.283 e. The first-order valence-corrected chi connectivity index (χ1v) is 11.4. The summed E-state index contributed by atoms with van der Waals surface area (Å²) in [6.07, 6.45) is 0.193. The largest absolute Gasteiger partial charge is 0.368 e. The minimum absolute atomic E-state index is 0.263. The van der Waals surface area contributed by atoms with Crippen molar-refractivity contribution in [2.75, 3.05) is 18.9 Å². The van der Waals surface area contributed by atoms with E-state index in [2.05, 4.69) is 4.72 Å². The Balaban J connectivity index is 1.62. The third kappa shape index (κ3) is 4.76. The van der Waals surface area contributed by atoms with Gasteiger partial charge in [-0.3, -0.25) is 9.52 Å². The summed E-state index contributed by atoms with van der Waals surface area (Å²) in [5.74, 6) is -3.13. The number of hydrogen-bond donors (Lipinski definition) is 1. The number of ether oxygens (including phenoxy) is 1. The molecular weight excluding hydrogens is 425 g/mol. The zero-order valence-corrected chi connectivity index (χ0v) is 18.0. The molecule has 1 unspecified atom stereocenters. The number of benzene rings is 2. The van der Waals surface area contributed by atoms with E-state index in [1.807, 2.05) is 31.2 Å². The number of nitrogens with one attached hydrogen (secondary N) is 1. The first-order valence-electron chi connectivity index (χ1n) is 10.4. The number of carbonyl (C=O) groups excluding carboxylic acids is 1. The molecule has 166 valence electrons. The summed E-state index contributed by atoms with van der Waals surface area (Å²) in [7, 11) is 0. The Hall–Kier alpha value is -2.03. The second-order valence-electron chi connectivity index (χ2n) is 7.89. The molecule has 8 heteroatoms. The Morgan fingerprint density at radius 1 is 1.23 bits per heavy atom. The summed E-state index contributed by atoms with van der Waals surface area (Å²) in [5.41, 5.74) is 2.32. The van der Waals surface area contributed by atoms with Gasteiger partial charge in [0.15, 0.2) is 0 Å². The Morgan fingerprint density at radius 3 is 2.58 bits per heavy atom. The lowest BCUT2D eigenvalue weighted by Crippen LogP contribution is -2.51. The van der Waals surface area contributed by atoms with Gasteiger partial charge in [0.05, 0.1) is 19.2 Å². The molecule has 31 heavy (non-hydrogen) atoms. The van der Waals surface area contributed by atoms with Crippen LogP contribution in [0.2, 0.25) is 0 Å². The molecule has 0 bridgehead atoms. The molecule has 2 aliphatic rings. The lowest BCUT2D eigenvalue weighted by Gasteiger charge is -2.33. The zero-order valence-electron chi connectivity index (χ0n) is 17.2. The molecule has 3 atom stereocenters. The molecule has 2 fully saturated rings. The van der Waals surface area contributed by atoms with Gasteiger partial charge in [0.25, 0.3) is 11.8 Å². The van der Waals surface area contributed by atoms with Crippen LogP contribution in [0.1, 0.15) is 18.9 Å². The lowest BCUT2D eigenvalue weighted by atomic mass is 9.96. The Bertz CT molecular complexity index is 939. The minimum atomic E-state index is -3.05. The highest BCUT2D eigenvalue weighted by atomic mass is 32.2. The fourth-order valence-electron chi connectivity index (χ4n) is 4.11. The molecule has 0 aromatic heterocycles. The molecule has 1 N–H and O–H groups in total. The number of likely N-dealkylation sites (tertiary alicyclic amines) is 1. The molecule has 2 saturated heterocycles. The van der Waals surface area contributed by atoms with Crippen LogP contribution in [-0.4, -0.2) is 53.8 Å². The molecule has 0 saturated carbocycles. The van der Waals surface area contributed by atoms with Crippen molar-refractivity contribution in [1.82, 2.24) is 9.62 Å². The molecule has 0 radical (unpaired) electrons. The molecule has 4 nitrogen and oxygen atoms in total. The maximum atomic E-state index is 14.9. The van der Waals surface area contributed by atoms with Crippen LogP contribution in [0.4, 0.5) is 13.2 Å². The number of nitrogens with zero attached hydrogens (tertiary/aromatic N) is 1. The van der Waals surface area contributed by atoms with Crippen molar-refractivity contribution in [3.63, 3.8) is 0 Å². The number of rotatable bonds is 7. The summed E-state index contributed by atoms with van der Waals surface area (Å²) in [4.78, 5) is 14.1. The predicted molar refractivity (Wildman–Crippen MR) is 115 cm³/mol. The van der Waals surface area contributed by atoms with Gasteiger partial charge in [-0.2, -0.15) is 0 Å². The molecule has 0 spiro atoms. The number of alkyl halides is 2. The molecular formula is C23H25F3N2O2S. The summed E-state index contributed by atoms with van der Waals surface area (Å²) in [6.45, 7) is 1.74. The maximum Gasteiger partial charge on any atom is 0.283 e. The minimum Gasteiger partial charge on any atom is -0.368 e. The van der Waals surface area contributed by atoms with Crippen molar-refractivity contribution in [2.24, 2.45) is 0 Å². The van der Waals surface area contributed by atoms with Crippen LogP contribution in [-0.2, 0) is 16.0 Å². The van der Waals surface area contributed by atoms with Crippen molar-refractivity contribution in [2.45, 2.75) is 43.9 Å².